The third kappa shape index (κ3) is 4.03. The molecule has 2 N–H and O–H groups in total. The molecule has 0 spiro atoms. The van der Waals surface area contributed by atoms with Crippen molar-refractivity contribution in [2.75, 3.05) is 33.0 Å². The molecule has 0 bridgehead atoms. The van der Waals surface area contributed by atoms with Crippen molar-refractivity contribution in [1.82, 2.24) is 24.6 Å². The molecule has 0 aromatic carbocycles. The van der Waals surface area contributed by atoms with Crippen LogP contribution >= 0.6 is 0 Å². The largest absolute Gasteiger partial charge is 0.386 e. The number of hydrogen-bond donors (Lipinski definition) is 2. The van der Waals surface area contributed by atoms with E-state index in [1.165, 1.54) is 4.90 Å². The van der Waals surface area contributed by atoms with E-state index in [0.29, 0.717) is 5.69 Å². The summed E-state index contributed by atoms with van der Waals surface area (Å²) in [6.07, 6.45) is 0.961. The van der Waals surface area contributed by atoms with E-state index in [0.717, 1.165) is 43.3 Å². The van der Waals surface area contributed by atoms with E-state index in [9.17, 15) is 9.90 Å². The van der Waals surface area contributed by atoms with Gasteiger partial charge in [0, 0.05) is 52.5 Å². The molecule has 0 fully saturated rings. The van der Waals surface area contributed by atoms with E-state index in [-0.39, 0.29) is 12.3 Å². The summed E-state index contributed by atoms with van der Waals surface area (Å²) in [5, 5.41) is 17.9. The first-order valence-electron chi connectivity index (χ1n) is 8.76. The molecule has 0 saturated carbocycles. The zero-order valence-corrected chi connectivity index (χ0v) is 15.5. The minimum atomic E-state index is -0.870. The van der Waals surface area contributed by atoms with Crippen LogP contribution in [0.4, 0.5) is 5.82 Å². The third-order valence-electron chi connectivity index (χ3n) is 4.63. The molecule has 8 heteroatoms. The van der Waals surface area contributed by atoms with Crippen LogP contribution < -0.4 is 5.32 Å². The van der Waals surface area contributed by atoms with Crippen molar-refractivity contribution in [2.45, 2.75) is 32.2 Å². The van der Waals surface area contributed by atoms with Gasteiger partial charge in [0.1, 0.15) is 11.9 Å². The Bertz CT molecular complexity index is 773. The van der Waals surface area contributed by atoms with E-state index in [4.69, 9.17) is 0 Å². The highest BCUT2D eigenvalue weighted by atomic mass is 16.3. The normalized spacial score (nSPS) is 15.4. The van der Waals surface area contributed by atoms with Crippen LogP contribution in [0.25, 0.3) is 0 Å². The molecule has 26 heavy (non-hydrogen) atoms. The summed E-state index contributed by atoms with van der Waals surface area (Å²) < 4.78 is 1.93. The summed E-state index contributed by atoms with van der Waals surface area (Å²) in [5.74, 6) is 0.783. The summed E-state index contributed by atoms with van der Waals surface area (Å²) in [4.78, 5) is 20.0. The summed E-state index contributed by atoms with van der Waals surface area (Å²) in [6, 6.07) is 5.93. The second-order valence-electron chi connectivity index (χ2n) is 6.76. The Morgan fingerprint density at radius 3 is 2.96 bits per heavy atom. The number of nitrogens with zero attached hydrogens (tertiary/aromatic N) is 5. The molecule has 0 saturated heterocycles. The van der Waals surface area contributed by atoms with Crippen LogP contribution in [0.1, 0.15) is 29.5 Å². The predicted molar refractivity (Wildman–Crippen MR) is 98.4 cm³/mol. The lowest BCUT2D eigenvalue weighted by Gasteiger charge is -2.27. The minimum absolute atomic E-state index is 0.0500. The molecule has 140 valence electrons. The fourth-order valence-corrected chi connectivity index (χ4v) is 3.13. The number of anilines is 1. The Labute approximate surface area is 153 Å². The number of aliphatic hydroxyl groups excluding tert-OH is 1. The molecule has 0 radical (unpaired) electrons. The van der Waals surface area contributed by atoms with Gasteiger partial charge in [0.2, 0.25) is 5.91 Å². The molecule has 2 aromatic rings. The summed E-state index contributed by atoms with van der Waals surface area (Å²) in [6.45, 7) is 3.18. The third-order valence-corrected chi connectivity index (χ3v) is 4.63. The SMILES string of the molecule is CNc1ncccc1CN1CCn2nc(C(O)CC(=O)N(C)C)cc2C1. The zero-order chi connectivity index (χ0) is 18.7. The maximum Gasteiger partial charge on any atom is 0.225 e. The second kappa shape index (κ2) is 7.84. The van der Waals surface area contributed by atoms with Crippen molar-refractivity contribution in [2.24, 2.45) is 0 Å². The average molecular weight is 358 g/mol. The first-order chi connectivity index (χ1) is 12.5. The number of nitrogens with one attached hydrogen (secondary N) is 1. The second-order valence-corrected chi connectivity index (χ2v) is 6.76. The van der Waals surface area contributed by atoms with Gasteiger partial charge in [-0.15, -0.1) is 0 Å². The predicted octanol–water partition coefficient (Wildman–Crippen LogP) is 0.847. The monoisotopic (exact) mass is 358 g/mol. The molecule has 1 aliphatic rings. The smallest absolute Gasteiger partial charge is 0.225 e. The first-order valence-corrected chi connectivity index (χ1v) is 8.76. The molecule has 2 aromatic heterocycles. The number of hydrogen-bond acceptors (Lipinski definition) is 6. The molecule has 3 rings (SSSR count). The number of carbonyl (C=O) groups excluding carboxylic acids is 1. The van der Waals surface area contributed by atoms with E-state index in [1.807, 2.05) is 23.9 Å². The van der Waals surface area contributed by atoms with Crippen molar-refractivity contribution < 1.29 is 9.90 Å². The number of fused-ring (bicyclic) bond motifs is 1. The van der Waals surface area contributed by atoms with Crippen LogP contribution in [-0.2, 0) is 24.4 Å². The molecule has 8 nitrogen and oxygen atoms in total. The highest BCUT2D eigenvalue weighted by molar-refractivity contribution is 5.76. The van der Waals surface area contributed by atoms with Gasteiger partial charge in [0.05, 0.1) is 24.4 Å². The summed E-state index contributed by atoms with van der Waals surface area (Å²) in [5.41, 5.74) is 2.77. The van der Waals surface area contributed by atoms with Gasteiger partial charge in [-0.25, -0.2) is 4.98 Å². The van der Waals surface area contributed by atoms with Crippen LogP contribution in [0, 0.1) is 0 Å². The Kier molecular flexibility index (Phi) is 5.53. The van der Waals surface area contributed by atoms with Crippen LogP contribution in [0.2, 0.25) is 0 Å². The van der Waals surface area contributed by atoms with Crippen LogP contribution in [0.15, 0.2) is 24.4 Å². The molecule has 1 atom stereocenters. The minimum Gasteiger partial charge on any atom is -0.386 e. The zero-order valence-electron chi connectivity index (χ0n) is 15.5. The molecule has 1 amide bonds. The fourth-order valence-electron chi connectivity index (χ4n) is 3.13. The summed E-state index contributed by atoms with van der Waals surface area (Å²) in [7, 11) is 5.24. The number of aliphatic hydroxyl groups is 1. The molecule has 1 aliphatic heterocycles. The van der Waals surface area contributed by atoms with Gasteiger partial charge in [-0.2, -0.15) is 5.10 Å². The number of pyridine rings is 1. The maximum atomic E-state index is 11.8. The van der Waals surface area contributed by atoms with Crippen molar-refractivity contribution >= 4 is 11.7 Å². The van der Waals surface area contributed by atoms with Crippen molar-refractivity contribution in [3.8, 4) is 0 Å². The van der Waals surface area contributed by atoms with Crippen molar-refractivity contribution in [3.63, 3.8) is 0 Å². The molecule has 3 heterocycles. The molecular weight excluding hydrogens is 332 g/mol. The average Bonchev–Trinajstić information content (AvgIpc) is 3.05. The van der Waals surface area contributed by atoms with E-state index < -0.39 is 6.10 Å². The van der Waals surface area contributed by atoms with Gasteiger partial charge >= 0.3 is 0 Å². The lowest BCUT2D eigenvalue weighted by molar-refractivity contribution is -0.130. The Hall–Kier alpha value is -2.45. The van der Waals surface area contributed by atoms with Crippen LogP contribution in [0.5, 0.6) is 0 Å². The quantitative estimate of drug-likeness (QED) is 0.796. The van der Waals surface area contributed by atoms with E-state index in [2.05, 4.69) is 26.4 Å². The van der Waals surface area contributed by atoms with Crippen molar-refractivity contribution in [3.05, 3.63) is 41.3 Å². The van der Waals surface area contributed by atoms with Crippen LogP contribution in [0.3, 0.4) is 0 Å². The fraction of sp³-hybridized carbons (Fsp3) is 0.500. The van der Waals surface area contributed by atoms with E-state index >= 15 is 0 Å². The van der Waals surface area contributed by atoms with Gasteiger partial charge in [-0.05, 0) is 12.1 Å². The van der Waals surface area contributed by atoms with Gasteiger partial charge in [0.25, 0.3) is 0 Å². The van der Waals surface area contributed by atoms with Gasteiger partial charge in [-0.1, -0.05) is 6.07 Å². The van der Waals surface area contributed by atoms with Crippen LogP contribution in [-0.4, -0.2) is 63.3 Å². The molecular formula is C18H26N6O2. The Morgan fingerprint density at radius 1 is 1.42 bits per heavy atom. The first kappa shape index (κ1) is 18.3. The topological polar surface area (TPSA) is 86.5 Å². The number of aromatic nitrogens is 3. The lowest BCUT2D eigenvalue weighted by atomic mass is 10.1. The number of carbonyl (C=O) groups is 1. The summed E-state index contributed by atoms with van der Waals surface area (Å²) >= 11 is 0. The van der Waals surface area contributed by atoms with Gasteiger partial charge in [0.15, 0.2) is 0 Å². The molecule has 1 unspecified atom stereocenters. The van der Waals surface area contributed by atoms with Gasteiger partial charge in [-0.3, -0.25) is 14.4 Å². The van der Waals surface area contributed by atoms with Crippen molar-refractivity contribution in [1.29, 1.82) is 0 Å². The highest BCUT2D eigenvalue weighted by Crippen LogP contribution is 2.22. The van der Waals surface area contributed by atoms with Gasteiger partial charge < -0.3 is 15.3 Å². The number of rotatable bonds is 6. The van der Waals surface area contributed by atoms with E-state index in [1.54, 1.807) is 20.3 Å². The number of amides is 1. The maximum absolute atomic E-state index is 11.8. The highest BCUT2D eigenvalue weighted by Gasteiger charge is 2.23. The lowest BCUT2D eigenvalue weighted by Crippen LogP contribution is -2.33. The standard InChI is InChI=1S/C18H26N6O2/c1-19-18-13(5-4-6-20-18)11-23-7-8-24-14(12-23)9-15(21-24)16(25)10-17(26)22(2)3/h4-6,9,16,25H,7-8,10-12H2,1-3H3,(H,19,20). The Morgan fingerprint density at radius 2 is 2.23 bits per heavy atom. The molecule has 0 aliphatic carbocycles. The Balaban J connectivity index is 1.67.